The summed E-state index contributed by atoms with van der Waals surface area (Å²) in [7, 11) is 0. The van der Waals surface area contributed by atoms with E-state index in [0.29, 0.717) is 24.9 Å². The normalized spacial score (nSPS) is 17.3. The molecule has 0 unspecified atom stereocenters. The molecule has 1 saturated heterocycles. The van der Waals surface area contributed by atoms with E-state index in [1.165, 1.54) is 11.0 Å². The van der Waals surface area contributed by atoms with E-state index in [1.54, 1.807) is 17.4 Å². The van der Waals surface area contributed by atoms with Crippen molar-refractivity contribution in [1.82, 2.24) is 15.2 Å². The standard InChI is InChI=1S/C21H24F3N3O2S/c1-2-17-13-30-18(26-17)8-9-25-20(29)15-6-7-19(28)27(12-15)11-14-4-3-5-16(10-14)21(22,23)24/h3-5,10,13,15H,2,6-9,11-12H2,1H3,(H,25,29)/t15-/m0/s1. The zero-order chi connectivity index (χ0) is 21.7. The van der Waals surface area contributed by atoms with Gasteiger partial charge >= 0.3 is 6.18 Å². The summed E-state index contributed by atoms with van der Waals surface area (Å²) in [6.45, 7) is 2.77. The van der Waals surface area contributed by atoms with Crippen molar-refractivity contribution in [2.24, 2.45) is 5.92 Å². The monoisotopic (exact) mass is 439 g/mol. The maximum atomic E-state index is 12.9. The Labute approximate surface area is 177 Å². The van der Waals surface area contributed by atoms with Gasteiger partial charge in [-0.2, -0.15) is 13.2 Å². The van der Waals surface area contributed by atoms with Gasteiger partial charge in [-0.1, -0.05) is 19.1 Å². The van der Waals surface area contributed by atoms with Crippen LogP contribution in [-0.2, 0) is 35.2 Å². The summed E-state index contributed by atoms with van der Waals surface area (Å²) in [5, 5.41) is 5.88. The number of benzene rings is 1. The van der Waals surface area contributed by atoms with Crippen LogP contribution in [0.2, 0.25) is 0 Å². The molecule has 1 aliphatic rings. The molecular formula is C21H24F3N3O2S. The number of amides is 2. The number of aromatic nitrogens is 1. The first-order valence-corrected chi connectivity index (χ1v) is 10.8. The number of nitrogens with one attached hydrogen (secondary N) is 1. The van der Waals surface area contributed by atoms with Crippen molar-refractivity contribution in [2.75, 3.05) is 13.1 Å². The van der Waals surface area contributed by atoms with Crippen LogP contribution in [-0.4, -0.2) is 34.8 Å². The Kier molecular flexibility index (Phi) is 7.12. The largest absolute Gasteiger partial charge is 0.416 e. The maximum Gasteiger partial charge on any atom is 0.416 e. The predicted molar refractivity (Wildman–Crippen MR) is 108 cm³/mol. The minimum absolute atomic E-state index is 0.0610. The van der Waals surface area contributed by atoms with E-state index in [2.05, 4.69) is 10.3 Å². The summed E-state index contributed by atoms with van der Waals surface area (Å²) in [6, 6.07) is 4.95. The SMILES string of the molecule is CCc1csc(CCNC(=O)[C@H]2CCC(=O)N(Cc3cccc(C(F)(F)F)c3)C2)n1. The average molecular weight is 440 g/mol. The third kappa shape index (κ3) is 5.81. The maximum absolute atomic E-state index is 12.9. The molecule has 5 nitrogen and oxygen atoms in total. The van der Waals surface area contributed by atoms with Gasteiger partial charge in [0.25, 0.3) is 0 Å². The van der Waals surface area contributed by atoms with Crippen LogP contribution in [0.15, 0.2) is 29.6 Å². The third-order valence-corrected chi connectivity index (χ3v) is 6.06. The van der Waals surface area contributed by atoms with Crippen LogP contribution in [0.4, 0.5) is 13.2 Å². The number of aryl methyl sites for hydroxylation is 1. The minimum Gasteiger partial charge on any atom is -0.355 e. The van der Waals surface area contributed by atoms with Crippen LogP contribution in [0.1, 0.15) is 41.6 Å². The molecule has 9 heteroatoms. The fraction of sp³-hybridized carbons (Fsp3) is 0.476. The first-order chi connectivity index (χ1) is 14.3. The molecule has 1 aromatic heterocycles. The van der Waals surface area contributed by atoms with Crippen LogP contribution >= 0.6 is 11.3 Å². The van der Waals surface area contributed by atoms with Crippen molar-refractivity contribution >= 4 is 23.2 Å². The Bertz CT molecular complexity index is 898. The number of piperidine rings is 1. The van der Waals surface area contributed by atoms with E-state index in [0.717, 1.165) is 29.3 Å². The van der Waals surface area contributed by atoms with Crippen LogP contribution in [0.5, 0.6) is 0 Å². The third-order valence-electron chi connectivity index (χ3n) is 5.10. The lowest BCUT2D eigenvalue weighted by Crippen LogP contribution is -2.45. The van der Waals surface area contributed by atoms with Crippen LogP contribution < -0.4 is 5.32 Å². The van der Waals surface area contributed by atoms with E-state index in [-0.39, 0.29) is 37.2 Å². The van der Waals surface area contributed by atoms with Crippen LogP contribution in [0.25, 0.3) is 0 Å². The van der Waals surface area contributed by atoms with Gasteiger partial charge in [0, 0.05) is 37.9 Å². The number of alkyl halides is 3. The highest BCUT2D eigenvalue weighted by molar-refractivity contribution is 7.09. The first-order valence-electron chi connectivity index (χ1n) is 9.91. The van der Waals surface area contributed by atoms with E-state index < -0.39 is 11.7 Å². The molecule has 30 heavy (non-hydrogen) atoms. The van der Waals surface area contributed by atoms with Crippen LogP contribution in [0.3, 0.4) is 0 Å². The quantitative estimate of drug-likeness (QED) is 0.714. The number of rotatable bonds is 7. The van der Waals surface area contributed by atoms with Gasteiger partial charge in [0.1, 0.15) is 0 Å². The second-order valence-corrected chi connectivity index (χ2v) is 8.28. The highest BCUT2D eigenvalue weighted by atomic mass is 32.1. The molecule has 0 saturated carbocycles. The number of hydrogen-bond donors (Lipinski definition) is 1. The Morgan fingerprint density at radius 2 is 2.17 bits per heavy atom. The molecule has 0 aliphatic carbocycles. The number of thiazole rings is 1. The molecule has 1 atom stereocenters. The summed E-state index contributed by atoms with van der Waals surface area (Å²) in [5.41, 5.74) is 0.694. The molecule has 2 amide bonds. The van der Waals surface area contributed by atoms with Gasteiger partial charge in [-0.25, -0.2) is 4.98 Å². The first kappa shape index (κ1) is 22.3. The zero-order valence-electron chi connectivity index (χ0n) is 16.7. The van der Waals surface area contributed by atoms with E-state index >= 15 is 0 Å². The summed E-state index contributed by atoms with van der Waals surface area (Å²) in [6.07, 6.45) is -2.25. The Morgan fingerprint density at radius 3 is 2.87 bits per heavy atom. The second-order valence-electron chi connectivity index (χ2n) is 7.34. The summed E-state index contributed by atoms with van der Waals surface area (Å²) < 4.78 is 38.7. The molecule has 162 valence electrons. The van der Waals surface area contributed by atoms with E-state index in [1.807, 2.05) is 12.3 Å². The molecule has 2 heterocycles. The van der Waals surface area contributed by atoms with Gasteiger partial charge in [0.05, 0.1) is 22.2 Å². The Morgan fingerprint density at radius 1 is 1.37 bits per heavy atom. The lowest BCUT2D eigenvalue weighted by molar-refractivity contribution is -0.139. The van der Waals surface area contributed by atoms with Gasteiger partial charge in [0.2, 0.25) is 11.8 Å². The molecule has 1 fully saturated rings. The molecule has 2 aromatic rings. The van der Waals surface area contributed by atoms with E-state index in [4.69, 9.17) is 0 Å². The number of carbonyl (C=O) groups excluding carboxylic acids is 2. The van der Waals surface area contributed by atoms with Gasteiger partial charge in [-0.3, -0.25) is 9.59 Å². The molecule has 1 N–H and O–H groups in total. The number of hydrogen-bond acceptors (Lipinski definition) is 4. The number of nitrogens with zero attached hydrogens (tertiary/aromatic N) is 2. The second kappa shape index (κ2) is 9.59. The fourth-order valence-corrected chi connectivity index (χ4v) is 4.29. The number of halogens is 3. The van der Waals surface area contributed by atoms with Crippen molar-refractivity contribution in [3.63, 3.8) is 0 Å². The lowest BCUT2D eigenvalue weighted by Gasteiger charge is -2.32. The molecule has 0 radical (unpaired) electrons. The molecular weight excluding hydrogens is 415 g/mol. The summed E-state index contributed by atoms with van der Waals surface area (Å²) in [4.78, 5) is 30.7. The molecule has 0 bridgehead atoms. The van der Waals surface area contributed by atoms with Gasteiger partial charge in [-0.05, 0) is 30.5 Å². The topological polar surface area (TPSA) is 62.3 Å². The van der Waals surface area contributed by atoms with Crippen LogP contribution in [0, 0.1) is 5.92 Å². The Balaban J connectivity index is 1.54. The molecule has 1 aromatic carbocycles. The number of likely N-dealkylation sites (tertiary alicyclic amines) is 1. The zero-order valence-corrected chi connectivity index (χ0v) is 17.5. The van der Waals surface area contributed by atoms with Crippen molar-refractivity contribution < 1.29 is 22.8 Å². The van der Waals surface area contributed by atoms with Crippen molar-refractivity contribution in [2.45, 2.75) is 45.3 Å². The summed E-state index contributed by atoms with van der Waals surface area (Å²) in [5.74, 6) is -0.647. The van der Waals surface area contributed by atoms with Crippen molar-refractivity contribution in [1.29, 1.82) is 0 Å². The van der Waals surface area contributed by atoms with Crippen molar-refractivity contribution in [3.8, 4) is 0 Å². The van der Waals surface area contributed by atoms with E-state index in [9.17, 15) is 22.8 Å². The highest BCUT2D eigenvalue weighted by Crippen LogP contribution is 2.30. The summed E-state index contributed by atoms with van der Waals surface area (Å²) >= 11 is 1.57. The smallest absolute Gasteiger partial charge is 0.355 e. The van der Waals surface area contributed by atoms with Gasteiger partial charge < -0.3 is 10.2 Å². The van der Waals surface area contributed by atoms with Crippen molar-refractivity contribution in [3.05, 3.63) is 51.5 Å². The fourth-order valence-electron chi connectivity index (χ4n) is 3.41. The predicted octanol–water partition coefficient (Wildman–Crippen LogP) is 3.82. The molecule has 1 aliphatic heterocycles. The van der Waals surface area contributed by atoms with Gasteiger partial charge in [0.15, 0.2) is 0 Å². The minimum atomic E-state index is -4.43. The highest BCUT2D eigenvalue weighted by Gasteiger charge is 2.32. The molecule has 3 rings (SSSR count). The lowest BCUT2D eigenvalue weighted by atomic mass is 9.96. The Hall–Kier alpha value is -2.42. The average Bonchev–Trinajstić information content (AvgIpc) is 3.17. The van der Waals surface area contributed by atoms with Gasteiger partial charge in [-0.15, -0.1) is 11.3 Å². The molecule has 0 spiro atoms. The number of carbonyl (C=O) groups is 2.